The van der Waals surface area contributed by atoms with Crippen LogP contribution in [0.15, 0.2) is 0 Å². The molecule has 1 fully saturated rings. The van der Waals surface area contributed by atoms with E-state index in [4.69, 9.17) is 11.6 Å². The van der Waals surface area contributed by atoms with E-state index in [1.54, 1.807) is 6.92 Å². The summed E-state index contributed by atoms with van der Waals surface area (Å²) in [6.45, 7) is 1.96. The van der Waals surface area contributed by atoms with Crippen LogP contribution in [-0.2, 0) is 19.1 Å². The van der Waals surface area contributed by atoms with Crippen LogP contribution in [0.25, 0.3) is 0 Å². The molecular weight excluding hydrogens is 172 g/mol. The first-order valence-corrected chi connectivity index (χ1v) is 3.56. The Morgan fingerprint density at radius 3 is 2.55 bits per heavy atom. The van der Waals surface area contributed by atoms with E-state index in [1.165, 1.54) is 0 Å². The van der Waals surface area contributed by atoms with Gasteiger partial charge in [0.15, 0.2) is 12.2 Å². The maximum absolute atomic E-state index is 10.8. The first-order chi connectivity index (χ1) is 5.16. The Morgan fingerprint density at radius 1 is 1.55 bits per heavy atom. The fraction of sp³-hybridized carbons (Fsp3) is 0.667. The molecule has 1 saturated heterocycles. The van der Waals surface area contributed by atoms with Gasteiger partial charge in [-0.3, -0.25) is 4.79 Å². The lowest BCUT2D eigenvalue weighted by molar-refractivity contribution is -0.144. The highest BCUT2D eigenvalue weighted by Gasteiger charge is 2.50. The fourth-order valence-electron chi connectivity index (χ4n) is 0.689. The molecule has 1 aliphatic rings. The monoisotopic (exact) mass is 178 g/mol. The van der Waals surface area contributed by atoms with Crippen LogP contribution in [0.2, 0.25) is 0 Å². The number of esters is 1. The quantitative estimate of drug-likeness (QED) is 0.349. The Hall–Kier alpha value is -0.610. The van der Waals surface area contributed by atoms with Crippen molar-refractivity contribution in [3.05, 3.63) is 0 Å². The number of hydrogen-bond donors (Lipinski definition) is 0. The van der Waals surface area contributed by atoms with E-state index in [0.29, 0.717) is 0 Å². The van der Waals surface area contributed by atoms with Gasteiger partial charge < -0.3 is 9.47 Å². The second kappa shape index (κ2) is 3.19. The van der Waals surface area contributed by atoms with Gasteiger partial charge in [0.2, 0.25) is 0 Å². The summed E-state index contributed by atoms with van der Waals surface area (Å²) in [6.07, 6.45) is -1.55. The minimum atomic E-state index is -0.782. The molecule has 0 aliphatic carbocycles. The number of carbonyl (C=O) groups is 2. The van der Waals surface area contributed by atoms with Crippen molar-refractivity contribution in [1.82, 2.24) is 0 Å². The molecule has 0 bridgehead atoms. The molecule has 0 aromatic heterocycles. The summed E-state index contributed by atoms with van der Waals surface area (Å²) in [4.78, 5) is 21.1. The molecular formula is C6H7ClO4. The molecule has 0 amide bonds. The fourth-order valence-corrected chi connectivity index (χ4v) is 0.855. The van der Waals surface area contributed by atoms with Crippen molar-refractivity contribution in [3.8, 4) is 0 Å². The summed E-state index contributed by atoms with van der Waals surface area (Å²) in [5.74, 6) is -0.522. The molecule has 62 valence electrons. The molecule has 4 nitrogen and oxygen atoms in total. The molecule has 2 atom stereocenters. The minimum Gasteiger partial charge on any atom is -0.464 e. The zero-order valence-electron chi connectivity index (χ0n) is 5.87. The molecule has 1 rings (SSSR count). The van der Waals surface area contributed by atoms with E-state index < -0.39 is 23.4 Å². The largest absolute Gasteiger partial charge is 0.464 e. The molecule has 0 aromatic rings. The van der Waals surface area contributed by atoms with E-state index >= 15 is 0 Å². The Morgan fingerprint density at radius 2 is 2.18 bits per heavy atom. The van der Waals surface area contributed by atoms with Gasteiger partial charge >= 0.3 is 5.97 Å². The second-order valence-electron chi connectivity index (χ2n) is 2.03. The smallest absolute Gasteiger partial charge is 0.338 e. The Bertz CT molecular complexity index is 191. The van der Waals surface area contributed by atoms with Gasteiger partial charge in [0, 0.05) is 0 Å². The van der Waals surface area contributed by atoms with Gasteiger partial charge in [0.1, 0.15) is 0 Å². The molecule has 0 aromatic carbocycles. The predicted octanol–water partition coefficient (Wildman–Crippen LogP) is 0.0823. The zero-order chi connectivity index (χ0) is 8.43. The van der Waals surface area contributed by atoms with Crippen LogP contribution in [0.4, 0.5) is 0 Å². The zero-order valence-corrected chi connectivity index (χ0v) is 6.63. The summed E-state index contributed by atoms with van der Waals surface area (Å²) in [6, 6.07) is 0. The molecule has 0 unspecified atom stereocenters. The van der Waals surface area contributed by atoms with Gasteiger partial charge in [0.05, 0.1) is 6.61 Å². The highest BCUT2D eigenvalue weighted by atomic mass is 35.5. The van der Waals surface area contributed by atoms with Gasteiger partial charge in [0.25, 0.3) is 5.24 Å². The lowest BCUT2D eigenvalue weighted by Gasteiger charge is -1.94. The maximum Gasteiger partial charge on any atom is 0.338 e. The molecule has 11 heavy (non-hydrogen) atoms. The van der Waals surface area contributed by atoms with Crippen LogP contribution in [0.5, 0.6) is 0 Å². The number of carbonyl (C=O) groups excluding carboxylic acids is 2. The van der Waals surface area contributed by atoms with Gasteiger partial charge in [-0.2, -0.15) is 0 Å². The van der Waals surface area contributed by atoms with Crippen molar-refractivity contribution in [2.45, 2.75) is 19.1 Å². The van der Waals surface area contributed by atoms with Crippen LogP contribution >= 0.6 is 11.6 Å². The van der Waals surface area contributed by atoms with Crippen molar-refractivity contribution in [3.63, 3.8) is 0 Å². The standard InChI is InChI=1S/C6H7ClO4/c1-2-10-6(9)4-3(11-4)5(7)8/h3-4H,2H2,1H3/t3-,4-/m0/s1. The summed E-state index contributed by atoms with van der Waals surface area (Å²) in [5, 5.41) is -0.650. The van der Waals surface area contributed by atoms with Crippen LogP contribution < -0.4 is 0 Å². The number of hydrogen-bond acceptors (Lipinski definition) is 4. The Balaban J connectivity index is 2.32. The molecule has 0 spiro atoms. The highest BCUT2D eigenvalue weighted by molar-refractivity contribution is 6.65. The molecule has 0 saturated carbocycles. The number of epoxide rings is 1. The third-order valence-electron chi connectivity index (χ3n) is 1.23. The van der Waals surface area contributed by atoms with Crippen molar-refractivity contribution in [2.75, 3.05) is 6.61 Å². The minimum absolute atomic E-state index is 0.280. The van der Waals surface area contributed by atoms with Crippen LogP contribution in [0.3, 0.4) is 0 Å². The average Bonchev–Trinajstić information content (AvgIpc) is 2.65. The summed E-state index contributed by atoms with van der Waals surface area (Å²) >= 11 is 5.04. The average molecular weight is 179 g/mol. The SMILES string of the molecule is CCOC(=O)[C@H]1O[C@@H]1C(=O)Cl. The van der Waals surface area contributed by atoms with E-state index in [2.05, 4.69) is 9.47 Å². The highest BCUT2D eigenvalue weighted by Crippen LogP contribution is 2.25. The lowest BCUT2D eigenvalue weighted by Crippen LogP contribution is -2.15. The van der Waals surface area contributed by atoms with Crippen LogP contribution in [-0.4, -0.2) is 30.0 Å². The molecule has 5 heteroatoms. The molecule has 1 heterocycles. The predicted molar refractivity (Wildman–Crippen MR) is 36.2 cm³/mol. The number of rotatable bonds is 3. The van der Waals surface area contributed by atoms with E-state index in [1.807, 2.05) is 0 Å². The Labute approximate surface area is 68.4 Å². The number of ether oxygens (including phenoxy) is 2. The first kappa shape index (κ1) is 8.49. The van der Waals surface area contributed by atoms with Crippen LogP contribution in [0, 0.1) is 0 Å². The van der Waals surface area contributed by atoms with Crippen LogP contribution in [0.1, 0.15) is 6.92 Å². The Kier molecular flexibility index (Phi) is 2.46. The normalized spacial score (nSPS) is 27.8. The topological polar surface area (TPSA) is 55.9 Å². The van der Waals surface area contributed by atoms with Crippen molar-refractivity contribution in [1.29, 1.82) is 0 Å². The molecule has 1 aliphatic heterocycles. The summed E-state index contributed by atoms with van der Waals surface area (Å²) < 4.78 is 9.21. The van der Waals surface area contributed by atoms with Gasteiger partial charge in [-0.15, -0.1) is 0 Å². The van der Waals surface area contributed by atoms with E-state index in [9.17, 15) is 9.59 Å². The van der Waals surface area contributed by atoms with Crippen molar-refractivity contribution in [2.24, 2.45) is 0 Å². The van der Waals surface area contributed by atoms with Gasteiger partial charge in [-0.05, 0) is 18.5 Å². The molecule has 0 N–H and O–H groups in total. The first-order valence-electron chi connectivity index (χ1n) is 3.18. The number of halogens is 1. The summed E-state index contributed by atoms with van der Waals surface area (Å²) in [5.41, 5.74) is 0. The van der Waals surface area contributed by atoms with Crippen molar-refractivity contribution >= 4 is 22.8 Å². The third kappa shape index (κ3) is 1.91. The molecule has 0 radical (unpaired) electrons. The summed E-state index contributed by atoms with van der Waals surface area (Å²) in [7, 11) is 0. The second-order valence-corrected chi connectivity index (χ2v) is 2.41. The van der Waals surface area contributed by atoms with Crippen molar-refractivity contribution < 1.29 is 19.1 Å². The van der Waals surface area contributed by atoms with Gasteiger partial charge in [-0.25, -0.2) is 4.79 Å². The van der Waals surface area contributed by atoms with E-state index in [0.717, 1.165) is 0 Å². The third-order valence-corrected chi connectivity index (χ3v) is 1.45. The maximum atomic E-state index is 10.8. The lowest BCUT2D eigenvalue weighted by atomic mass is 10.3. The van der Waals surface area contributed by atoms with Gasteiger partial charge in [-0.1, -0.05) is 0 Å². The van der Waals surface area contributed by atoms with E-state index in [-0.39, 0.29) is 6.61 Å².